The van der Waals surface area contributed by atoms with E-state index in [1.165, 1.54) is 0 Å². The molecule has 1 aliphatic rings. The number of β-amino-alcohol motifs (C(OH)–C–C–N with tert-alkyl or cyclic N) is 1. The summed E-state index contributed by atoms with van der Waals surface area (Å²) in [7, 11) is 0. The van der Waals surface area contributed by atoms with E-state index >= 15 is 0 Å². The summed E-state index contributed by atoms with van der Waals surface area (Å²) in [6.45, 7) is 0.453. The van der Waals surface area contributed by atoms with Gasteiger partial charge in [-0.3, -0.25) is 9.69 Å². The van der Waals surface area contributed by atoms with E-state index in [0.717, 1.165) is 12.8 Å². The van der Waals surface area contributed by atoms with E-state index in [9.17, 15) is 25.2 Å². The number of piperidine rings is 1. The second kappa shape index (κ2) is 7.76. The summed E-state index contributed by atoms with van der Waals surface area (Å²) in [6, 6.07) is -0.585. The first-order valence-corrected chi connectivity index (χ1v) is 6.58. The van der Waals surface area contributed by atoms with Gasteiger partial charge in [0, 0.05) is 13.0 Å². The molecule has 0 radical (unpaired) electrons. The van der Waals surface area contributed by atoms with Crippen LogP contribution < -0.4 is 0 Å². The highest BCUT2D eigenvalue weighted by Crippen LogP contribution is 2.19. The Morgan fingerprint density at radius 3 is 2.37 bits per heavy atom. The lowest BCUT2D eigenvalue weighted by molar-refractivity contribution is -0.145. The Hall–Kier alpha value is -0.730. The predicted molar refractivity (Wildman–Crippen MR) is 66.6 cm³/mol. The molecule has 4 atom stereocenters. The quantitative estimate of drug-likeness (QED) is 0.355. The van der Waals surface area contributed by atoms with Crippen molar-refractivity contribution in [1.29, 1.82) is 0 Å². The fourth-order valence-corrected chi connectivity index (χ4v) is 2.40. The molecule has 1 aliphatic heterocycles. The smallest absolute Gasteiger partial charge is 0.303 e. The van der Waals surface area contributed by atoms with E-state index in [2.05, 4.69) is 0 Å². The van der Waals surface area contributed by atoms with E-state index in [4.69, 9.17) is 5.11 Å². The molecule has 0 amide bonds. The van der Waals surface area contributed by atoms with Crippen molar-refractivity contribution in [3.8, 4) is 0 Å². The molecule has 19 heavy (non-hydrogen) atoms. The second-order valence-corrected chi connectivity index (χ2v) is 5.00. The Morgan fingerprint density at radius 1 is 1.11 bits per heavy atom. The third-order valence-corrected chi connectivity index (χ3v) is 3.55. The number of rotatable bonds is 7. The zero-order valence-corrected chi connectivity index (χ0v) is 10.9. The second-order valence-electron chi connectivity index (χ2n) is 5.00. The summed E-state index contributed by atoms with van der Waals surface area (Å²) in [5.74, 6) is -0.819. The largest absolute Gasteiger partial charge is 0.481 e. The molecule has 1 rings (SSSR count). The van der Waals surface area contributed by atoms with E-state index in [1.807, 2.05) is 0 Å². The average Bonchev–Trinajstić information content (AvgIpc) is 2.35. The van der Waals surface area contributed by atoms with Crippen molar-refractivity contribution >= 4 is 5.97 Å². The van der Waals surface area contributed by atoms with Gasteiger partial charge in [0.25, 0.3) is 0 Å². The summed E-state index contributed by atoms with van der Waals surface area (Å²) in [6.07, 6.45) is -1.27. The van der Waals surface area contributed by atoms with Crippen LogP contribution in [0.25, 0.3) is 0 Å². The summed E-state index contributed by atoms with van der Waals surface area (Å²) in [4.78, 5) is 12.1. The third-order valence-electron chi connectivity index (χ3n) is 3.55. The number of hydrogen-bond donors (Lipinski definition) is 5. The van der Waals surface area contributed by atoms with Gasteiger partial charge in [-0.15, -0.1) is 0 Å². The zero-order chi connectivity index (χ0) is 14.4. The van der Waals surface area contributed by atoms with Crippen molar-refractivity contribution in [3.05, 3.63) is 0 Å². The zero-order valence-electron chi connectivity index (χ0n) is 10.9. The number of likely N-dealkylation sites (tertiary alicyclic amines) is 1. The normalized spacial score (nSPS) is 32.4. The molecule has 112 valence electrons. The van der Waals surface area contributed by atoms with Crippen LogP contribution in [-0.2, 0) is 4.79 Å². The topological polar surface area (TPSA) is 121 Å². The SMILES string of the molecule is O=C(O)CCCCCN1C[C@H](O)[C@@H](O)[C@H](O)[C@@H]1CO. The molecule has 5 N–H and O–H groups in total. The number of carboxylic acids is 1. The highest BCUT2D eigenvalue weighted by atomic mass is 16.4. The van der Waals surface area contributed by atoms with Crippen LogP contribution in [-0.4, -0.2) is 80.5 Å². The first kappa shape index (κ1) is 16.3. The van der Waals surface area contributed by atoms with Gasteiger partial charge in [0.05, 0.1) is 18.8 Å². The molecule has 1 heterocycles. The number of carboxylic acid groups (broad SMARTS) is 1. The van der Waals surface area contributed by atoms with Crippen molar-refractivity contribution in [1.82, 2.24) is 4.90 Å². The van der Waals surface area contributed by atoms with Gasteiger partial charge in [0.1, 0.15) is 12.2 Å². The summed E-state index contributed by atoms with van der Waals surface area (Å²) >= 11 is 0. The molecule has 0 saturated carbocycles. The highest BCUT2D eigenvalue weighted by Gasteiger charge is 2.40. The molecular weight excluding hydrogens is 254 g/mol. The van der Waals surface area contributed by atoms with Gasteiger partial charge in [0.2, 0.25) is 0 Å². The average molecular weight is 277 g/mol. The minimum Gasteiger partial charge on any atom is -0.481 e. The summed E-state index contributed by atoms with van der Waals surface area (Å²) < 4.78 is 0. The van der Waals surface area contributed by atoms with Gasteiger partial charge in [0.15, 0.2) is 0 Å². The number of aliphatic hydroxyl groups is 4. The first-order valence-electron chi connectivity index (χ1n) is 6.58. The molecule has 0 unspecified atom stereocenters. The van der Waals surface area contributed by atoms with E-state index in [0.29, 0.717) is 13.0 Å². The predicted octanol–water partition coefficient (Wildman–Crippen LogP) is -1.61. The molecule has 1 saturated heterocycles. The summed E-state index contributed by atoms with van der Waals surface area (Å²) in [5.41, 5.74) is 0. The molecule has 0 aromatic carbocycles. The monoisotopic (exact) mass is 277 g/mol. The van der Waals surface area contributed by atoms with Gasteiger partial charge in [-0.25, -0.2) is 0 Å². The van der Waals surface area contributed by atoms with E-state index < -0.39 is 30.3 Å². The maximum Gasteiger partial charge on any atom is 0.303 e. The minimum absolute atomic E-state index is 0.132. The number of hydrogen-bond acceptors (Lipinski definition) is 6. The van der Waals surface area contributed by atoms with Gasteiger partial charge in [-0.2, -0.15) is 0 Å². The van der Waals surface area contributed by atoms with E-state index in [1.54, 1.807) is 4.90 Å². The molecule has 0 aliphatic carbocycles. The number of aliphatic hydroxyl groups excluding tert-OH is 4. The molecule has 7 heteroatoms. The van der Waals surface area contributed by atoms with Crippen LogP contribution >= 0.6 is 0 Å². The Bertz CT molecular complexity index is 287. The fraction of sp³-hybridized carbons (Fsp3) is 0.917. The van der Waals surface area contributed by atoms with Crippen molar-refractivity contribution in [3.63, 3.8) is 0 Å². The summed E-state index contributed by atoms with van der Waals surface area (Å²) in [5, 5.41) is 46.6. The van der Waals surface area contributed by atoms with Gasteiger partial charge in [-0.1, -0.05) is 6.42 Å². The Kier molecular flexibility index (Phi) is 6.67. The van der Waals surface area contributed by atoms with Gasteiger partial charge >= 0.3 is 5.97 Å². The lowest BCUT2D eigenvalue weighted by Gasteiger charge is -2.43. The van der Waals surface area contributed by atoms with Gasteiger partial charge < -0.3 is 25.5 Å². The molecule has 7 nitrogen and oxygen atoms in total. The van der Waals surface area contributed by atoms with Crippen LogP contribution in [0.1, 0.15) is 25.7 Å². The highest BCUT2D eigenvalue weighted by molar-refractivity contribution is 5.66. The minimum atomic E-state index is -1.24. The number of aliphatic carboxylic acids is 1. The molecule has 0 aromatic rings. The molecule has 1 fully saturated rings. The van der Waals surface area contributed by atoms with Crippen LogP contribution in [0.5, 0.6) is 0 Å². The maximum atomic E-state index is 10.3. The van der Waals surface area contributed by atoms with Crippen LogP contribution in [0.2, 0.25) is 0 Å². The first-order chi connectivity index (χ1) is 8.97. The van der Waals surface area contributed by atoms with Crippen molar-refractivity contribution in [2.45, 2.75) is 50.0 Å². The van der Waals surface area contributed by atoms with Crippen LogP contribution in [0.3, 0.4) is 0 Å². The molecule has 0 bridgehead atoms. The van der Waals surface area contributed by atoms with Crippen LogP contribution in [0.4, 0.5) is 0 Å². The Balaban J connectivity index is 2.36. The number of carbonyl (C=O) groups is 1. The molecule has 0 aromatic heterocycles. The standard InChI is InChI=1S/C12H23NO6/c14-7-8-11(18)12(19)9(15)6-13(8)5-3-1-2-4-10(16)17/h8-9,11-12,14-15,18-19H,1-7H2,(H,16,17)/t8-,9-,11+,12+/m0/s1. The fourth-order valence-electron chi connectivity index (χ4n) is 2.40. The van der Waals surface area contributed by atoms with Crippen molar-refractivity contribution < 1.29 is 30.3 Å². The third kappa shape index (κ3) is 4.70. The van der Waals surface area contributed by atoms with Crippen molar-refractivity contribution in [2.24, 2.45) is 0 Å². The van der Waals surface area contributed by atoms with Crippen molar-refractivity contribution in [2.75, 3.05) is 19.7 Å². The maximum absolute atomic E-state index is 10.3. The number of nitrogens with zero attached hydrogens (tertiary/aromatic N) is 1. The lowest BCUT2D eigenvalue weighted by atomic mass is 9.94. The van der Waals surface area contributed by atoms with E-state index in [-0.39, 0.29) is 19.6 Å². The Morgan fingerprint density at radius 2 is 1.79 bits per heavy atom. The van der Waals surface area contributed by atoms with Crippen LogP contribution in [0, 0.1) is 0 Å². The Labute approximate surface area is 112 Å². The number of unbranched alkanes of at least 4 members (excludes halogenated alkanes) is 2. The molecular formula is C12H23NO6. The van der Waals surface area contributed by atoms with Crippen LogP contribution in [0.15, 0.2) is 0 Å². The molecule has 0 spiro atoms. The van der Waals surface area contributed by atoms with Gasteiger partial charge in [-0.05, 0) is 19.4 Å². The lowest BCUT2D eigenvalue weighted by Crippen LogP contribution is -2.62.